The molecular formula is C13H6BrNOS. The summed E-state index contributed by atoms with van der Waals surface area (Å²) in [4.78, 5) is 0.720. The molecule has 0 atom stereocenters. The van der Waals surface area contributed by atoms with Gasteiger partial charge in [0.1, 0.15) is 16.7 Å². The minimum atomic E-state index is 0.709. The van der Waals surface area contributed by atoms with E-state index in [0.29, 0.717) is 4.67 Å². The summed E-state index contributed by atoms with van der Waals surface area (Å²) in [6.07, 6.45) is 0. The van der Waals surface area contributed by atoms with Gasteiger partial charge < -0.3 is 4.42 Å². The summed E-state index contributed by atoms with van der Waals surface area (Å²) in [5.74, 6) is 0.810. The first-order valence-corrected chi connectivity index (χ1v) is 6.57. The van der Waals surface area contributed by atoms with Crippen LogP contribution in [-0.4, -0.2) is 0 Å². The van der Waals surface area contributed by atoms with Crippen molar-refractivity contribution in [2.75, 3.05) is 0 Å². The van der Waals surface area contributed by atoms with Crippen LogP contribution >= 0.6 is 27.3 Å². The molecule has 0 spiro atoms. The lowest BCUT2D eigenvalue weighted by Crippen LogP contribution is -1.73. The number of hydrogen-bond donors (Lipinski definition) is 0. The Morgan fingerprint density at radius 1 is 1.24 bits per heavy atom. The Labute approximate surface area is 110 Å². The second kappa shape index (κ2) is 4.02. The van der Waals surface area contributed by atoms with Crippen molar-refractivity contribution in [1.29, 1.82) is 5.26 Å². The highest BCUT2D eigenvalue weighted by Gasteiger charge is 2.10. The molecule has 2 nitrogen and oxygen atoms in total. The van der Waals surface area contributed by atoms with Crippen molar-refractivity contribution < 1.29 is 4.42 Å². The molecule has 4 heteroatoms. The van der Waals surface area contributed by atoms with Crippen LogP contribution in [0.2, 0.25) is 0 Å². The van der Waals surface area contributed by atoms with Crippen molar-refractivity contribution in [3.63, 3.8) is 0 Å². The minimum Gasteiger partial charge on any atom is -0.449 e. The summed E-state index contributed by atoms with van der Waals surface area (Å²) >= 11 is 4.79. The summed E-state index contributed by atoms with van der Waals surface area (Å²) < 4.78 is 7.37. The van der Waals surface area contributed by atoms with Gasteiger partial charge in [-0.3, -0.25) is 0 Å². The molecule has 0 aliphatic carbocycles. The molecule has 2 aromatic heterocycles. The van der Waals surface area contributed by atoms with Gasteiger partial charge in [-0.2, -0.15) is 5.26 Å². The number of furan rings is 1. The van der Waals surface area contributed by atoms with Crippen LogP contribution in [0.5, 0.6) is 0 Å². The number of benzene rings is 1. The van der Waals surface area contributed by atoms with Crippen molar-refractivity contribution in [2.24, 2.45) is 0 Å². The molecule has 0 aliphatic rings. The number of thiophene rings is 1. The fourth-order valence-electron chi connectivity index (χ4n) is 1.79. The average Bonchev–Trinajstić information content (AvgIpc) is 2.93. The van der Waals surface area contributed by atoms with E-state index in [1.54, 1.807) is 0 Å². The van der Waals surface area contributed by atoms with Gasteiger partial charge in [-0.15, -0.1) is 11.3 Å². The second-order valence-electron chi connectivity index (χ2n) is 3.54. The largest absolute Gasteiger partial charge is 0.449 e. The van der Waals surface area contributed by atoms with Gasteiger partial charge >= 0.3 is 0 Å². The maximum atomic E-state index is 8.93. The van der Waals surface area contributed by atoms with Crippen LogP contribution in [0, 0.1) is 11.3 Å². The van der Waals surface area contributed by atoms with Crippen molar-refractivity contribution in [3.05, 3.63) is 45.9 Å². The van der Waals surface area contributed by atoms with Gasteiger partial charge in [-0.05, 0) is 40.2 Å². The smallest absolute Gasteiger partial charge is 0.169 e. The lowest BCUT2D eigenvalue weighted by atomic mass is 10.1. The van der Waals surface area contributed by atoms with Gasteiger partial charge in [-0.25, -0.2) is 0 Å². The van der Waals surface area contributed by atoms with Gasteiger partial charge in [0.15, 0.2) is 4.67 Å². The Bertz CT molecular complexity index is 735. The normalized spacial score (nSPS) is 10.6. The number of halogens is 1. The van der Waals surface area contributed by atoms with E-state index < -0.39 is 0 Å². The van der Waals surface area contributed by atoms with E-state index in [4.69, 9.17) is 9.68 Å². The third-order valence-corrected chi connectivity index (χ3v) is 3.94. The third kappa shape index (κ3) is 1.78. The van der Waals surface area contributed by atoms with Crippen molar-refractivity contribution in [2.45, 2.75) is 0 Å². The van der Waals surface area contributed by atoms with Crippen LogP contribution in [0.3, 0.4) is 0 Å². The summed E-state index contributed by atoms with van der Waals surface area (Å²) in [6.45, 7) is 0. The van der Waals surface area contributed by atoms with Crippen molar-refractivity contribution >= 4 is 37.4 Å². The number of fused-ring (bicyclic) bond motifs is 1. The molecular weight excluding hydrogens is 298 g/mol. The summed E-state index contributed by atoms with van der Waals surface area (Å²) in [6, 6.07) is 13.9. The van der Waals surface area contributed by atoms with E-state index in [-0.39, 0.29) is 0 Å². The second-order valence-corrected chi connectivity index (χ2v) is 5.41. The fourth-order valence-corrected chi connectivity index (χ4v) is 2.98. The maximum Gasteiger partial charge on any atom is 0.169 e. The number of nitriles is 1. The Kier molecular flexibility index (Phi) is 2.50. The molecule has 0 N–H and O–H groups in total. The van der Waals surface area contributed by atoms with Crippen LogP contribution in [0.4, 0.5) is 0 Å². The van der Waals surface area contributed by atoms with E-state index in [9.17, 15) is 0 Å². The van der Waals surface area contributed by atoms with Gasteiger partial charge in [0.2, 0.25) is 0 Å². The zero-order chi connectivity index (χ0) is 11.8. The van der Waals surface area contributed by atoms with Gasteiger partial charge in [-0.1, -0.05) is 12.1 Å². The van der Waals surface area contributed by atoms with Crippen LogP contribution in [0.15, 0.2) is 45.5 Å². The summed E-state index contributed by atoms with van der Waals surface area (Å²) in [5, 5.41) is 10.00. The average molecular weight is 304 g/mol. The van der Waals surface area contributed by atoms with E-state index in [1.165, 1.54) is 11.3 Å². The molecule has 17 heavy (non-hydrogen) atoms. The Balaban J connectivity index is 2.29. The quantitative estimate of drug-likeness (QED) is 0.648. The van der Waals surface area contributed by atoms with Crippen LogP contribution < -0.4 is 0 Å². The SMILES string of the molecule is N#Cc1cc2c(-c3ccc(Br)o3)cccc2s1. The van der Waals surface area contributed by atoms with E-state index in [1.807, 2.05) is 36.4 Å². The van der Waals surface area contributed by atoms with Gasteiger partial charge in [0.05, 0.1) is 0 Å². The standard InChI is InChI=1S/C13H6BrNOS/c14-13-5-4-11(16-13)9-2-1-3-12-10(9)6-8(7-15)17-12/h1-6H. The molecule has 3 rings (SSSR count). The van der Waals surface area contributed by atoms with Gasteiger partial charge in [0.25, 0.3) is 0 Å². The van der Waals surface area contributed by atoms with Gasteiger partial charge in [0, 0.05) is 15.6 Å². The highest BCUT2D eigenvalue weighted by molar-refractivity contribution is 9.10. The zero-order valence-electron chi connectivity index (χ0n) is 8.61. The predicted octanol–water partition coefficient (Wildman–Crippen LogP) is 4.80. The lowest BCUT2D eigenvalue weighted by Gasteiger charge is -1.98. The molecule has 3 aromatic rings. The molecule has 0 saturated carbocycles. The Morgan fingerprint density at radius 3 is 2.82 bits per heavy atom. The van der Waals surface area contributed by atoms with Crippen LogP contribution in [0.25, 0.3) is 21.4 Å². The molecule has 0 amide bonds. The third-order valence-electron chi connectivity index (χ3n) is 2.51. The maximum absolute atomic E-state index is 8.93. The Hall–Kier alpha value is -1.57. The minimum absolute atomic E-state index is 0.709. The van der Waals surface area contributed by atoms with Crippen molar-refractivity contribution in [1.82, 2.24) is 0 Å². The summed E-state index contributed by atoms with van der Waals surface area (Å²) in [5.41, 5.74) is 1.02. The van der Waals surface area contributed by atoms with Crippen molar-refractivity contribution in [3.8, 4) is 17.4 Å². The molecule has 0 aliphatic heterocycles. The molecule has 0 unspecified atom stereocenters. The number of hydrogen-bond acceptors (Lipinski definition) is 3. The molecule has 0 radical (unpaired) electrons. The van der Waals surface area contributed by atoms with E-state index in [2.05, 4.69) is 22.0 Å². The van der Waals surface area contributed by atoms with Crippen LogP contribution in [0.1, 0.15) is 4.88 Å². The highest BCUT2D eigenvalue weighted by atomic mass is 79.9. The fraction of sp³-hybridized carbons (Fsp3) is 0. The molecule has 0 saturated heterocycles. The molecule has 82 valence electrons. The first kappa shape index (κ1) is 10.6. The highest BCUT2D eigenvalue weighted by Crippen LogP contribution is 2.35. The predicted molar refractivity (Wildman–Crippen MR) is 71.9 cm³/mol. The molecule has 0 fully saturated rings. The number of nitrogens with zero attached hydrogens (tertiary/aromatic N) is 1. The molecule has 1 aromatic carbocycles. The zero-order valence-corrected chi connectivity index (χ0v) is 11.0. The monoisotopic (exact) mass is 303 g/mol. The van der Waals surface area contributed by atoms with Crippen LogP contribution in [-0.2, 0) is 0 Å². The molecule has 2 heterocycles. The first-order chi connectivity index (χ1) is 8.28. The first-order valence-electron chi connectivity index (χ1n) is 4.96. The summed E-state index contributed by atoms with van der Waals surface area (Å²) in [7, 11) is 0. The molecule has 0 bridgehead atoms. The van der Waals surface area contributed by atoms with E-state index >= 15 is 0 Å². The Morgan fingerprint density at radius 2 is 2.12 bits per heavy atom. The number of rotatable bonds is 1. The topological polar surface area (TPSA) is 36.9 Å². The van der Waals surface area contributed by atoms with E-state index in [0.717, 1.165) is 26.3 Å². The lowest BCUT2D eigenvalue weighted by molar-refractivity contribution is 0.556.